The summed E-state index contributed by atoms with van der Waals surface area (Å²) in [7, 11) is 0. The van der Waals surface area contributed by atoms with Crippen molar-refractivity contribution in [2.75, 3.05) is 0 Å². The first kappa shape index (κ1) is 25.3. The van der Waals surface area contributed by atoms with Gasteiger partial charge in [0.2, 0.25) is 11.8 Å². The van der Waals surface area contributed by atoms with Crippen molar-refractivity contribution >= 4 is 17.8 Å². The molecule has 2 amide bonds. The van der Waals surface area contributed by atoms with Crippen LogP contribution in [-0.4, -0.2) is 28.7 Å². The lowest BCUT2D eigenvalue weighted by molar-refractivity contribution is -0.144. The fourth-order valence-corrected chi connectivity index (χ4v) is 7.85. The van der Waals surface area contributed by atoms with Crippen molar-refractivity contribution in [3.8, 4) is 5.75 Å². The van der Waals surface area contributed by atoms with Crippen molar-refractivity contribution in [3.05, 3.63) is 101 Å². The molecule has 0 radical (unpaired) electrons. The molecule has 3 aromatic rings. The number of imide groups is 1. The largest absolute Gasteiger partial charge is 0.426 e. The SMILES string of the molecule is CC(C)(C)c1ccc(OC(=O)C2CCC(N3C(=O)[C@H]4C5c6ccccc6C(c6ccccc65)[C@@H]4C3=O)CC2)cc1. The maximum absolute atomic E-state index is 14.0. The van der Waals surface area contributed by atoms with Crippen LogP contribution in [0, 0.1) is 17.8 Å². The second-order valence-electron chi connectivity index (χ2n) is 13.0. The number of hydrogen-bond donors (Lipinski definition) is 0. The third kappa shape index (κ3) is 3.77. The molecule has 0 unspecified atom stereocenters. The molecule has 2 atom stereocenters. The number of carbonyl (C=O) groups excluding carboxylic acids is 3. The van der Waals surface area contributed by atoms with Crippen LogP contribution >= 0.6 is 0 Å². The lowest BCUT2D eigenvalue weighted by Gasteiger charge is -2.45. The highest BCUT2D eigenvalue weighted by Gasteiger charge is 2.62. The van der Waals surface area contributed by atoms with Crippen LogP contribution in [-0.2, 0) is 19.8 Å². The van der Waals surface area contributed by atoms with E-state index in [0.29, 0.717) is 31.4 Å². The zero-order chi connectivity index (χ0) is 27.8. The van der Waals surface area contributed by atoms with Gasteiger partial charge in [0.25, 0.3) is 0 Å². The highest BCUT2D eigenvalue weighted by Crippen LogP contribution is 2.61. The smallest absolute Gasteiger partial charge is 0.314 e. The average molecular weight is 534 g/mol. The molecule has 1 heterocycles. The van der Waals surface area contributed by atoms with E-state index >= 15 is 0 Å². The molecule has 2 fully saturated rings. The first-order valence-corrected chi connectivity index (χ1v) is 14.6. The summed E-state index contributed by atoms with van der Waals surface area (Å²) in [4.78, 5) is 42.6. The summed E-state index contributed by atoms with van der Waals surface area (Å²) in [5.41, 5.74) is 5.99. The summed E-state index contributed by atoms with van der Waals surface area (Å²) in [6.07, 6.45) is 2.50. The Kier molecular flexibility index (Phi) is 5.78. The van der Waals surface area contributed by atoms with Gasteiger partial charge in [0.05, 0.1) is 17.8 Å². The Labute approximate surface area is 235 Å². The molecule has 0 spiro atoms. The number of carbonyl (C=O) groups is 3. The third-order valence-corrected chi connectivity index (χ3v) is 9.82. The van der Waals surface area contributed by atoms with Crippen LogP contribution in [0.4, 0.5) is 0 Å². The van der Waals surface area contributed by atoms with Gasteiger partial charge in [-0.2, -0.15) is 0 Å². The van der Waals surface area contributed by atoms with Gasteiger partial charge < -0.3 is 4.74 Å². The highest BCUT2D eigenvalue weighted by atomic mass is 16.5. The molecule has 0 N–H and O–H groups in total. The van der Waals surface area contributed by atoms with Crippen molar-refractivity contribution < 1.29 is 19.1 Å². The Bertz CT molecular complexity index is 1390. The lowest BCUT2D eigenvalue weighted by atomic mass is 9.55. The topological polar surface area (TPSA) is 63.7 Å². The Balaban J connectivity index is 1.07. The quantitative estimate of drug-likeness (QED) is 0.224. The maximum atomic E-state index is 14.0. The summed E-state index contributed by atoms with van der Waals surface area (Å²) in [6, 6.07) is 24.2. The van der Waals surface area contributed by atoms with E-state index in [1.165, 1.54) is 27.8 Å². The molecule has 1 saturated heterocycles. The van der Waals surface area contributed by atoms with Crippen molar-refractivity contribution in [2.45, 2.75) is 69.7 Å². The van der Waals surface area contributed by atoms with Crippen LogP contribution in [0.2, 0.25) is 0 Å². The zero-order valence-electron chi connectivity index (χ0n) is 23.3. The Morgan fingerprint density at radius 3 is 1.57 bits per heavy atom. The molecule has 5 heteroatoms. The normalized spacial score (nSPS) is 28.6. The van der Waals surface area contributed by atoms with Crippen LogP contribution < -0.4 is 4.74 Å². The summed E-state index contributed by atoms with van der Waals surface area (Å²) >= 11 is 0. The molecule has 204 valence electrons. The molecule has 5 aliphatic rings. The van der Waals surface area contributed by atoms with E-state index in [1.54, 1.807) is 4.90 Å². The van der Waals surface area contributed by atoms with E-state index < -0.39 is 0 Å². The number of hydrogen-bond acceptors (Lipinski definition) is 4. The van der Waals surface area contributed by atoms with E-state index in [0.717, 1.165) is 0 Å². The van der Waals surface area contributed by atoms with Crippen molar-refractivity contribution in [3.63, 3.8) is 0 Å². The zero-order valence-corrected chi connectivity index (χ0v) is 23.3. The Hall–Kier alpha value is -3.73. The Morgan fingerprint density at radius 2 is 1.15 bits per heavy atom. The molecule has 2 bridgehead atoms. The van der Waals surface area contributed by atoms with Gasteiger partial charge in [-0.25, -0.2) is 0 Å². The van der Waals surface area contributed by atoms with Crippen molar-refractivity contribution in [1.82, 2.24) is 4.90 Å². The molecule has 5 nitrogen and oxygen atoms in total. The predicted molar refractivity (Wildman–Crippen MR) is 152 cm³/mol. The number of likely N-dealkylation sites (tertiary alicyclic amines) is 1. The first-order valence-electron chi connectivity index (χ1n) is 14.6. The van der Waals surface area contributed by atoms with Crippen LogP contribution in [0.5, 0.6) is 5.75 Å². The average Bonchev–Trinajstić information content (AvgIpc) is 3.23. The van der Waals surface area contributed by atoms with Gasteiger partial charge in [-0.1, -0.05) is 81.4 Å². The van der Waals surface area contributed by atoms with Crippen LogP contribution in [0.1, 0.15) is 86.1 Å². The number of rotatable bonds is 3. The monoisotopic (exact) mass is 533 g/mol. The van der Waals surface area contributed by atoms with Gasteiger partial charge in [0.1, 0.15) is 5.75 Å². The van der Waals surface area contributed by atoms with Crippen molar-refractivity contribution in [2.24, 2.45) is 17.8 Å². The molecule has 8 rings (SSSR count). The molecule has 1 saturated carbocycles. The van der Waals surface area contributed by atoms with E-state index in [-0.39, 0.29) is 58.8 Å². The first-order chi connectivity index (χ1) is 19.2. The van der Waals surface area contributed by atoms with Gasteiger partial charge in [0, 0.05) is 17.9 Å². The van der Waals surface area contributed by atoms with E-state index in [9.17, 15) is 14.4 Å². The highest BCUT2D eigenvalue weighted by molar-refractivity contribution is 6.08. The van der Waals surface area contributed by atoms with Gasteiger partial charge >= 0.3 is 5.97 Å². The molecular weight excluding hydrogens is 498 g/mol. The number of amides is 2. The molecule has 4 aliphatic carbocycles. The van der Waals surface area contributed by atoms with Gasteiger partial charge in [0.15, 0.2) is 0 Å². The minimum atomic E-state index is -0.346. The third-order valence-electron chi connectivity index (χ3n) is 9.82. The van der Waals surface area contributed by atoms with Gasteiger partial charge in [-0.05, 0) is 71.0 Å². The van der Waals surface area contributed by atoms with Crippen LogP contribution in [0.3, 0.4) is 0 Å². The summed E-state index contributed by atoms with van der Waals surface area (Å²) in [6.45, 7) is 6.46. The molecule has 1 aliphatic heterocycles. The molecular formula is C35H35NO4. The predicted octanol–water partition coefficient (Wildman–Crippen LogP) is 6.34. The standard InChI is InChI=1S/C35H35NO4/c1-35(2,3)21-14-18-23(19-15-21)40-34(39)20-12-16-22(17-13-20)36-32(37)30-28-24-8-4-5-9-25(24)29(31(30)33(36)38)27-11-7-6-10-26(27)28/h4-11,14-15,18-20,22,28-31H,12-13,16-17H2,1-3H3/t20?,22?,28?,29?,30-,31-/m0/s1. The minimum absolute atomic E-state index is 0.0287. The fraction of sp³-hybridized carbons (Fsp3) is 0.400. The van der Waals surface area contributed by atoms with Crippen molar-refractivity contribution in [1.29, 1.82) is 0 Å². The molecule has 40 heavy (non-hydrogen) atoms. The summed E-state index contributed by atoms with van der Waals surface area (Å²) in [5.74, 6) is -0.805. The van der Waals surface area contributed by atoms with Crippen LogP contribution in [0.15, 0.2) is 72.8 Å². The number of esters is 1. The fourth-order valence-electron chi connectivity index (χ4n) is 7.85. The van der Waals surface area contributed by atoms with E-state index in [1.807, 2.05) is 48.5 Å². The van der Waals surface area contributed by atoms with Crippen LogP contribution in [0.25, 0.3) is 0 Å². The van der Waals surface area contributed by atoms with Gasteiger partial charge in [-0.3, -0.25) is 19.3 Å². The number of ether oxygens (including phenoxy) is 1. The lowest BCUT2D eigenvalue weighted by Crippen LogP contribution is -2.44. The molecule has 3 aromatic carbocycles. The van der Waals surface area contributed by atoms with Gasteiger partial charge in [-0.15, -0.1) is 0 Å². The maximum Gasteiger partial charge on any atom is 0.314 e. The summed E-state index contributed by atoms with van der Waals surface area (Å²) in [5, 5.41) is 0. The second kappa shape index (κ2) is 9.15. The summed E-state index contributed by atoms with van der Waals surface area (Å²) < 4.78 is 5.72. The second-order valence-corrected chi connectivity index (χ2v) is 13.0. The number of nitrogens with zero attached hydrogens (tertiary/aromatic N) is 1. The minimum Gasteiger partial charge on any atom is -0.426 e. The Morgan fingerprint density at radius 1 is 0.700 bits per heavy atom. The van der Waals surface area contributed by atoms with E-state index in [4.69, 9.17) is 4.74 Å². The molecule has 0 aromatic heterocycles. The number of benzene rings is 3. The van der Waals surface area contributed by atoms with E-state index in [2.05, 4.69) is 45.0 Å².